The fourth-order valence-corrected chi connectivity index (χ4v) is 1.88. The summed E-state index contributed by atoms with van der Waals surface area (Å²) < 4.78 is 5.13. The molecule has 0 aliphatic heterocycles. The highest BCUT2D eigenvalue weighted by Gasteiger charge is 2.14. The van der Waals surface area contributed by atoms with Crippen LogP contribution in [0.15, 0.2) is 30.3 Å². The molecule has 0 aromatic heterocycles. The van der Waals surface area contributed by atoms with Crippen LogP contribution in [0.25, 0.3) is 0 Å². The van der Waals surface area contributed by atoms with E-state index in [1.165, 1.54) is 5.56 Å². The molecule has 0 fully saturated rings. The Hall–Kier alpha value is -1.35. The summed E-state index contributed by atoms with van der Waals surface area (Å²) in [5, 5.41) is 3.40. The van der Waals surface area contributed by atoms with Gasteiger partial charge in [0, 0.05) is 12.1 Å². The van der Waals surface area contributed by atoms with Gasteiger partial charge in [-0.15, -0.1) is 0 Å². The highest BCUT2D eigenvalue weighted by Crippen LogP contribution is 2.13. The van der Waals surface area contributed by atoms with Crippen molar-refractivity contribution < 1.29 is 9.53 Å². The summed E-state index contributed by atoms with van der Waals surface area (Å²) >= 11 is 0. The Morgan fingerprint density at radius 3 is 2.33 bits per heavy atom. The van der Waals surface area contributed by atoms with Crippen LogP contribution in [-0.4, -0.2) is 18.1 Å². The summed E-state index contributed by atoms with van der Waals surface area (Å²) in [6, 6.07) is 10.5. The number of carbonyl (C=O) groups is 1. The molecule has 0 unspecified atom stereocenters. The SMILES string of the molecule is CC(C)OC(=O)C[C@H](C)N[C@@H](C)c1ccccc1. The molecule has 0 aliphatic rings. The monoisotopic (exact) mass is 249 g/mol. The second-order valence-electron chi connectivity index (χ2n) is 4.94. The minimum atomic E-state index is -0.148. The number of nitrogens with one attached hydrogen (secondary N) is 1. The Morgan fingerprint density at radius 1 is 1.17 bits per heavy atom. The number of rotatable bonds is 6. The fraction of sp³-hybridized carbons (Fsp3) is 0.533. The minimum absolute atomic E-state index is 0.0451. The van der Waals surface area contributed by atoms with Gasteiger partial charge in [-0.2, -0.15) is 0 Å². The Kier molecular flexibility index (Phi) is 5.86. The van der Waals surface area contributed by atoms with Gasteiger partial charge < -0.3 is 10.1 Å². The highest BCUT2D eigenvalue weighted by molar-refractivity contribution is 5.70. The molecular formula is C15H23NO2. The largest absolute Gasteiger partial charge is 0.463 e. The fourth-order valence-electron chi connectivity index (χ4n) is 1.88. The molecule has 1 rings (SSSR count). The lowest BCUT2D eigenvalue weighted by Crippen LogP contribution is -2.32. The van der Waals surface area contributed by atoms with E-state index in [2.05, 4.69) is 24.4 Å². The molecule has 0 saturated carbocycles. The van der Waals surface area contributed by atoms with Crippen molar-refractivity contribution in [3.63, 3.8) is 0 Å². The second kappa shape index (κ2) is 7.17. The van der Waals surface area contributed by atoms with Crippen LogP contribution in [0.3, 0.4) is 0 Å². The normalized spacial score (nSPS) is 14.3. The standard InChI is InChI=1S/C15H23NO2/c1-11(2)18-15(17)10-12(3)16-13(4)14-8-6-5-7-9-14/h5-9,11-13,16H,10H2,1-4H3/t12-,13-/m0/s1. The molecule has 0 heterocycles. The molecule has 3 nitrogen and oxygen atoms in total. The molecule has 0 bridgehead atoms. The molecule has 0 saturated heterocycles. The maximum Gasteiger partial charge on any atom is 0.307 e. The van der Waals surface area contributed by atoms with Crippen LogP contribution < -0.4 is 5.32 Å². The van der Waals surface area contributed by atoms with Crippen LogP contribution in [0, 0.1) is 0 Å². The zero-order valence-corrected chi connectivity index (χ0v) is 11.6. The summed E-state index contributed by atoms with van der Waals surface area (Å²) in [6.07, 6.45) is 0.353. The molecule has 1 aromatic rings. The molecule has 3 heteroatoms. The minimum Gasteiger partial charge on any atom is -0.463 e. The summed E-state index contributed by atoms with van der Waals surface area (Å²) in [6.45, 7) is 7.83. The summed E-state index contributed by atoms with van der Waals surface area (Å²) in [7, 11) is 0. The van der Waals surface area contributed by atoms with Crippen LogP contribution in [-0.2, 0) is 9.53 Å². The molecule has 100 valence electrons. The molecular weight excluding hydrogens is 226 g/mol. The third-order valence-corrected chi connectivity index (χ3v) is 2.67. The predicted molar refractivity (Wildman–Crippen MR) is 73.3 cm³/mol. The first-order chi connectivity index (χ1) is 8.49. The number of ether oxygens (including phenoxy) is 1. The van der Waals surface area contributed by atoms with E-state index in [-0.39, 0.29) is 24.2 Å². The lowest BCUT2D eigenvalue weighted by Gasteiger charge is -2.20. The van der Waals surface area contributed by atoms with E-state index in [1.54, 1.807) is 0 Å². The van der Waals surface area contributed by atoms with Gasteiger partial charge in [-0.1, -0.05) is 30.3 Å². The van der Waals surface area contributed by atoms with Gasteiger partial charge in [0.15, 0.2) is 0 Å². The number of carbonyl (C=O) groups excluding carboxylic acids is 1. The molecule has 1 aromatic carbocycles. The average Bonchev–Trinajstić information content (AvgIpc) is 2.28. The Morgan fingerprint density at radius 2 is 1.78 bits per heavy atom. The number of benzene rings is 1. The van der Waals surface area contributed by atoms with Crippen molar-refractivity contribution in [1.82, 2.24) is 5.32 Å². The van der Waals surface area contributed by atoms with E-state index in [9.17, 15) is 4.79 Å². The van der Waals surface area contributed by atoms with Gasteiger partial charge in [-0.25, -0.2) is 0 Å². The van der Waals surface area contributed by atoms with Gasteiger partial charge in [0.2, 0.25) is 0 Å². The highest BCUT2D eigenvalue weighted by atomic mass is 16.5. The van der Waals surface area contributed by atoms with E-state index < -0.39 is 0 Å². The van der Waals surface area contributed by atoms with Crippen molar-refractivity contribution >= 4 is 5.97 Å². The quantitative estimate of drug-likeness (QED) is 0.787. The molecule has 0 spiro atoms. The molecule has 2 atom stereocenters. The summed E-state index contributed by atoms with van der Waals surface area (Å²) in [5.41, 5.74) is 1.22. The number of esters is 1. The zero-order chi connectivity index (χ0) is 13.5. The topological polar surface area (TPSA) is 38.3 Å². The van der Waals surface area contributed by atoms with Crippen molar-refractivity contribution in [3.8, 4) is 0 Å². The van der Waals surface area contributed by atoms with Gasteiger partial charge in [0.25, 0.3) is 0 Å². The van der Waals surface area contributed by atoms with Crippen molar-refractivity contribution in [2.75, 3.05) is 0 Å². The van der Waals surface area contributed by atoms with Gasteiger partial charge in [-0.3, -0.25) is 4.79 Å². The first kappa shape index (κ1) is 14.7. The first-order valence-electron chi connectivity index (χ1n) is 6.49. The van der Waals surface area contributed by atoms with Crippen molar-refractivity contribution in [1.29, 1.82) is 0 Å². The molecule has 0 aliphatic carbocycles. The lowest BCUT2D eigenvalue weighted by molar-refractivity contribution is -0.147. The number of hydrogen-bond acceptors (Lipinski definition) is 3. The average molecular weight is 249 g/mol. The third kappa shape index (κ3) is 5.32. The Bertz CT molecular complexity index is 362. The summed E-state index contributed by atoms with van der Waals surface area (Å²) in [4.78, 5) is 11.5. The Balaban J connectivity index is 2.40. The first-order valence-corrected chi connectivity index (χ1v) is 6.49. The third-order valence-electron chi connectivity index (χ3n) is 2.67. The molecule has 0 amide bonds. The second-order valence-corrected chi connectivity index (χ2v) is 4.94. The van der Waals surface area contributed by atoms with Crippen LogP contribution in [0.2, 0.25) is 0 Å². The number of hydrogen-bond donors (Lipinski definition) is 1. The van der Waals surface area contributed by atoms with Gasteiger partial charge in [-0.05, 0) is 33.3 Å². The van der Waals surface area contributed by atoms with Crippen LogP contribution >= 0.6 is 0 Å². The maximum atomic E-state index is 11.5. The predicted octanol–water partition coefficient (Wildman–Crippen LogP) is 3.07. The van der Waals surface area contributed by atoms with Crippen LogP contribution in [0.1, 0.15) is 45.7 Å². The van der Waals surface area contributed by atoms with Gasteiger partial charge in [0.1, 0.15) is 0 Å². The van der Waals surface area contributed by atoms with E-state index in [0.717, 1.165) is 0 Å². The Labute approximate surface area is 110 Å². The smallest absolute Gasteiger partial charge is 0.307 e. The van der Waals surface area contributed by atoms with Gasteiger partial charge >= 0.3 is 5.97 Å². The summed E-state index contributed by atoms with van der Waals surface area (Å²) in [5.74, 6) is -0.148. The van der Waals surface area contributed by atoms with Crippen molar-refractivity contribution in [2.24, 2.45) is 0 Å². The van der Waals surface area contributed by atoms with Crippen LogP contribution in [0.5, 0.6) is 0 Å². The molecule has 0 radical (unpaired) electrons. The van der Waals surface area contributed by atoms with E-state index >= 15 is 0 Å². The van der Waals surface area contributed by atoms with Gasteiger partial charge in [0.05, 0.1) is 12.5 Å². The van der Waals surface area contributed by atoms with E-state index in [0.29, 0.717) is 6.42 Å². The lowest BCUT2D eigenvalue weighted by atomic mass is 10.1. The molecule has 18 heavy (non-hydrogen) atoms. The van der Waals surface area contributed by atoms with E-state index in [4.69, 9.17) is 4.74 Å². The molecule has 1 N–H and O–H groups in total. The van der Waals surface area contributed by atoms with Crippen molar-refractivity contribution in [3.05, 3.63) is 35.9 Å². The zero-order valence-electron chi connectivity index (χ0n) is 11.6. The van der Waals surface area contributed by atoms with E-state index in [1.807, 2.05) is 39.0 Å². The van der Waals surface area contributed by atoms with Crippen molar-refractivity contribution in [2.45, 2.75) is 52.3 Å². The maximum absolute atomic E-state index is 11.5. The van der Waals surface area contributed by atoms with Crippen LogP contribution in [0.4, 0.5) is 0 Å².